The van der Waals surface area contributed by atoms with Crippen molar-refractivity contribution in [1.29, 1.82) is 0 Å². The van der Waals surface area contributed by atoms with Gasteiger partial charge in [0, 0.05) is 5.82 Å². The van der Waals surface area contributed by atoms with Gasteiger partial charge in [-0.2, -0.15) is 0 Å². The molecule has 0 spiro atoms. The second-order valence-electron chi connectivity index (χ2n) is 6.02. The van der Waals surface area contributed by atoms with Crippen LogP contribution in [0.5, 0.6) is 0 Å². The van der Waals surface area contributed by atoms with Crippen LogP contribution in [-0.4, -0.2) is 30.9 Å². The largest absolute Gasteiger partial charge is 0.466 e. The Kier molecular flexibility index (Phi) is 4.49. The average molecular weight is 256 g/mol. The molecule has 18 heavy (non-hydrogen) atoms. The molecular weight excluding hydrogens is 231 g/mol. The number of carbonyl (C=O) groups is 1. The molecule has 0 amide bonds. The summed E-state index contributed by atoms with van der Waals surface area (Å²) in [6.45, 7) is 14.1. The summed E-state index contributed by atoms with van der Waals surface area (Å²) in [7, 11) is -0.366. The lowest BCUT2D eigenvalue weighted by atomic mass is 9.66. The molecule has 1 fully saturated rings. The molecule has 0 radical (unpaired) electrons. The van der Waals surface area contributed by atoms with E-state index in [4.69, 9.17) is 14.0 Å². The SMILES string of the molecule is CCOC(=O)[C@H](C)[C@@H](C)B1OC(C)(C)C(C)(C)O1. The minimum absolute atomic E-state index is 0.0369. The first-order valence-corrected chi connectivity index (χ1v) is 6.64. The third-order valence-corrected chi connectivity index (χ3v) is 4.15. The van der Waals surface area contributed by atoms with Gasteiger partial charge in [-0.3, -0.25) is 4.79 Å². The second-order valence-corrected chi connectivity index (χ2v) is 6.02. The van der Waals surface area contributed by atoms with E-state index in [1.54, 1.807) is 0 Å². The van der Waals surface area contributed by atoms with Crippen molar-refractivity contribution in [2.24, 2.45) is 5.92 Å². The molecule has 1 rings (SSSR count). The standard InChI is InChI=1S/C13H25BO4/c1-8-16-11(15)9(2)10(3)14-17-12(4,5)13(6,7)18-14/h9-10H,8H2,1-7H3/t9-,10-/m1/s1. The fourth-order valence-corrected chi connectivity index (χ4v) is 1.83. The zero-order valence-electron chi connectivity index (χ0n) is 12.6. The Hall–Kier alpha value is -0.545. The molecule has 1 aliphatic heterocycles. The first-order chi connectivity index (χ1) is 8.12. The topological polar surface area (TPSA) is 44.8 Å². The first kappa shape index (κ1) is 15.5. The Morgan fingerprint density at radius 3 is 2.00 bits per heavy atom. The third-order valence-electron chi connectivity index (χ3n) is 4.15. The molecule has 1 aliphatic rings. The van der Waals surface area contributed by atoms with Crippen molar-refractivity contribution in [3.63, 3.8) is 0 Å². The number of rotatable bonds is 4. The van der Waals surface area contributed by atoms with Crippen LogP contribution in [0.4, 0.5) is 0 Å². The molecule has 0 aromatic carbocycles. The van der Waals surface area contributed by atoms with Gasteiger partial charge < -0.3 is 14.0 Å². The number of hydrogen-bond acceptors (Lipinski definition) is 4. The summed E-state index contributed by atoms with van der Waals surface area (Å²) in [5, 5.41) is 0. The van der Waals surface area contributed by atoms with Gasteiger partial charge in [0.25, 0.3) is 0 Å². The second kappa shape index (κ2) is 5.21. The lowest BCUT2D eigenvalue weighted by Crippen LogP contribution is -2.41. The van der Waals surface area contributed by atoms with Crippen molar-refractivity contribution in [2.45, 2.75) is 65.5 Å². The van der Waals surface area contributed by atoms with Crippen molar-refractivity contribution in [1.82, 2.24) is 0 Å². The van der Waals surface area contributed by atoms with Gasteiger partial charge in [-0.1, -0.05) is 13.8 Å². The van der Waals surface area contributed by atoms with Crippen LogP contribution in [0.2, 0.25) is 5.82 Å². The summed E-state index contributed by atoms with van der Waals surface area (Å²) >= 11 is 0. The predicted molar refractivity (Wildman–Crippen MR) is 71.3 cm³/mol. The maximum Gasteiger partial charge on any atom is 0.461 e. The van der Waals surface area contributed by atoms with Crippen LogP contribution in [0.3, 0.4) is 0 Å². The molecule has 1 heterocycles. The molecule has 5 heteroatoms. The van der Waals surface area contributed by atoms with Crippen molar-refractivity contribution in [3.8, 4) is 0 Å². The Labute approximate surface area is 111 Å². The van der Waals surface area contributed by atoms with Gasteiger partial charge in [0.1, 0.15) is 0 Å². The third kappa shape index (κ3) is 2.89. The van der Waals surface area contributed by atoms with Gasteiger partial charge in [0.2, 0.25) is 0 Å². The molecule has 0 bridgehead atoms. The van der Waals surface area contributed by atoms with Crippen LogP contribution in [0, 0.1) is 5.92 Å². The first-order valence-electron chi connectivity index (χ1n) is 6.64. The van der Waals surface area contributed by atoms with Crippen LogP contribution < -0.4 is 0 Å². The molecule has 0 aliphatic carbocycles. The van der Waals surface area contributed by atoms with Crippen molar-refractivity contribution in [3.05, 3.63) is 0 Å². The van der Waals surface area contributed by atoms with Crippen molar-refractivity contribution in [2.75, 3.05) is 6.61 Å². The van der Waals surface area contributed by atoms with Crippen LogP contribution in [0.25, 0.3) is 0 Å². The van der Waals surface area contributed by atoms with Gasteiger partial charge in [-0.15, -0.1) is 0 Å². The lowest BCUT2D eigenvalue weighted by Gasteiger charge is -2.32. The summed E-state index contributed by atoms with van der Waals surface area (Å²) in [6.07, 6.45) is 0. The van der Waals surface area contributed by atoms with E-state index in [0.29, 0.717) is 6.61 Å². The van der Waals surface area contributed by atoms with Gasteiger partial charge in [-0.05, 0) is 34.6 Å². The maximum atomic E-state index is 11.7. The van der Waals surface area contributed by atoms with Gasteiger partial charge in [0.05, 0.1) is 23.7 Å². The van der Waals surface area contributed by atoms with Crippen LogP contribution in [-0.2, 0) is 18.8 Å². The zero-order chi connectivity index (χ0) is 14.1. The fraction of sp³-hybridized carbons (Fsp3) is 0.923. The molecule has 0 saturated carbocycles. The van der Waals surface area contributed by atoms with E-state index in [9.17, 15) is 4.79 Å². The van der Waals surface area contributed by atoms with E-state index in [-0.39, 0.29) is 36.0 Å². The summed E-state index contributed by atoms with van der Waals surface area (Å²) in [5.74, 6) is -0.468. The number of hydrogen-bond donors (Lipinski definition) is 0. The normalized spacial score (nSPS) is 24.7. The van der Waals surface area contributed by atoms with Crippen molar-refractivity contribution >= 4 is 13.1 Å². The monoisotopic (exact) mass is 256 g/mol. The highest BCUT2D eigenvalue weighted by Crippen LogP contribution is 2.41. The predicted octanol–water partition coefficient (Wildman–Crippen LogP) is 2.67. The van der Waals surface area contributed by atoms with Crippen LogP contribution in [0.15, 0.2) is 0 Å². The molecule has 0 unspecified atom stereocenters. The molecule has 0 aromatic rings. The quantitative estimate of drug-likeness (QED) is 0.573. The van der Waals surface area contributed by atoms with E-state index in [1.807, 2.05) is 48.5 Å². The molecule has 1 saturated heterocycles. The highest BCUT2D eigenvalue weighted by Gasteiger charge is 2.54. The van der Waals surface area contributed by atoms with E-state index >= 15 is 0 Å². The molecule has 0 N–H and O–H groups in total. The number of esters is 1. The Bertz CT molecular complexity index is 298. The minimum atomic E-state index is -0.366. The van der Waals surface area contributed by atoms with E-state index in [0.717, 1.165) is 0 Å². The Morgan fingerprint density at radius 2 is 1.61 bits per heavy atom. The average Bonchev–Trinajstić information content (AvgIpc) is 2.46. The molecule has 2 atom stereocenters. The highest BCUT2D eigenvalue weighted by molar-refractivity contribution is 6.47. The molecule has 0 aromatic heterocycles. The van der Waals surface area contributed by atoms with Crippen LogP contribution in [0.1, 0.15) is 48.5 Å². The summed E-state index contributed by atoms with van der Waals surface area (Å²) in [4.78, 5) is 11.7. The fourth-order valence-electron chi connectivity index (χ4n) is 1.83. The van der Waals surface area contributed by atoms with Gasteiger partial charge >= 0.3 is 13.1 Å². The van der Waals surface area contributed by atoms with Gasteiger partial charge in [-0.25, -0.2) is 0 Å². The number of ether oxygens (including phenoxy) is 1. The molecule has 104 valence electrons. The van der Waals surface area contributed by atoms with E-state index in [2.05, 4.69) is 0 Å². The van der Waals surface area contributed by atoms with Gasteiger partial charge in [0.15, 0.2) is 0 Å². The molecular formula is C13H25BO4. The maximum absolute atomic E-state index is 11.7. The zero-order valence-corrected chi connectivity index (χ0v) is 12.6. The number of carbonyl (C=O) groups excluding carboxylic acids is 1. The lowest BCUT2D eigenvalue weighted by molar-refractivity contribution is -0.147. The molecule has 4 nitrogen and oxygen atoms in total. The smallest absolute Gasteiger partial charge is 0.461 e. The van der Waals surface area contributed by atoms with E-state index in [1.165, 1.54) is 0 Å². The summed E-state index contributed by atoms with van der Waals surface area (Å²) < 4.78 is 16.9. The summed E-state index contributed by atoms with van der Waals surface area (Å²) in [5.41, 5.74) is -0.722. The van der Waals surface area contributed by atoms with Crippen LogP contribution >= 0.6 is 0 Å². The van der Waals surface area contributed by atoms with E-state index < -0.39 is 0 Å². The minimum Gasteiger partial charge on any atom is -0.466 e. The van der Waals surface area contributed by atoms with Crippen molar-refractivity contribution < 1.29 is 18.8 Å². The highest BCUT2D eigenvalue weighted by atomic mass is 16.7. The Morgan fingerprint density at radius 1 is 1.17 bits per heavy atom. The Balaban J connectivity index is 2.70. The summed E-state index contributed by atoms with van der Waals surface area (Å²) in [6, 6.07) is 0.